The van der Waals surface area contributed by atoms with Crippen molar-refractivity contribution in [2.45, 2.75) is 26.7 Å². The second-order valence-electron chi connectivity index (χ2n) is 5.49. The van der Waals surface area contributed by atoms with Gasteiger partial charge in [-0.1, -0.05) is 13.8 Å². The Morgan fingerprint density at radius 3 is 2.39 bits per heavy atom. The van der Waals surface area contributed by atoms with Gasteiger partial charge in [0.1, 0.15) is 11.5 Å². The average Bonchev–Trinajstić information content (AvgIpc) is 2.55. The molecule has 0 radical (unpaired) electrons. The summed E-state index contributed by atoms with van der Waals surface area (Å²) in [5.74, 6) is 1.17. The van der Waals surface area contributed by atoms with Gasteiger partial charge in [0.25, 0.3) is 5.91 Å². The summed E-state index contributed by atoms with van der Waals surface area (Å²) in [6.07, 6.45) is 0.742. The van der Waals surface area contributed by atoms with E-state index in [0.29, 0.717) is 31.2 Å². The zero-order chi connectivity index (χ0) is 17.1. The highest BCUT2D eigenvalue weighted by Crippen LogP contribution is 2.17. The van der Waals surface area contributed by atoms with Crippen LogP contribution in [0.5, 0.6) is 11.5 Å². The molecule has 0 fully saturated rings. The fraction of sp³-hybridized carbons (Fsp3) is 0.529. The number of carbonyl (C=O) groups is 2. The van der Waals surface area contributed by atoms with Gasteiger partial charge in [-0.05, 0) is 36.6 Å². The van der Waals surface area contributed by atoms with Crippen molar-refractivity contribution in [3.05, 3.63) is 24.3 Å². The van der Waals surface area contributed by atoms with Gasteiger partial charge in [-0.3, -0.25) is 9.59 Å². The van der Waals surface area contributed by atoms with Crippen LogP contribution in [0.1, 0.15) is 26.7 Å². The summed E-state index contributed by atoms with van der Waals surface area (Å²) < 4.78 is 15.5. The summed E-state index contributed by atoms with van der Waals surface area (Å²) in [5.41, 5.74) is 0. The summed E-state index contributed by atoms with van der Waals surface area (Å²) in [7, 11) is 1.60. The maximum absolute atomic E-state index is 11.5. The second-order valence-corrected chi connectivity index (χ2v) is 5.49. The maximum atomic E-state index is 11.5. The Bertz CT molecular complexity index is 484. The van der Waals surface area contributed by atoms with Gasteiger partial charge in [0.15, 0.2) is 6.61 Å². The van der Waals surface area contributed by atoms with E-state index in [1.165, 1.54) is 0 Å². The number of nitrogens with one attached hydrogen (secondary N) is 1. The predicted molar refractivity (Wildman–Crippen MR) is 86.5 cm³/mol. The van der Waals surface area contributed by atoms with Crippen molar-refractivity contribution in [3.63, 3.8) is 0 Å². The molecule has 1 amide bonds. The Morgan fingerprint density at radius 1 is 1.13 bits per heavy atom. The Hall–Kier alpha value is -2.24. The molecule has 6 heteroatoms. The molecule has 0 unspecified atom stereocenters. The molecule has 128 valence electrons. The lowest BCUT2D eigenvalue weighted by Gasteiger charge is -2.09. The van der Waals surface area contributed by atoms with Crippen molar-refractivity contribution in [1.82, 2.24) is 5.32 Å². The molecule has 0 aromatic heterocycles. The van der Waals surface area contributed by atoms with Gasteiger partial charge in [0.2, 0.25) is 0 Å². The molecule has 0 heterocycles. The van der Waals surface area contributed by atoms with Crippen LogP contribution in [0.15, 0.2) is 24.3 Å². The van der Waals surface area contributed by atoms with Gasteiger partial charge in [-0.25, -0.2) is 0 Å². The van der Waals surface area contributed by atoms with Crippen LogP contribution in [-0.2, 0) is 14.3 Å². The Balaban J connectivity index is 2.10. The number of hydrogen-bond acceptors (Lipinski definition) is 5. The van der Waals surface area contributed by atoms with Crippen molar-refractivity contribution in [1.29, 1.82) is 0 Å². The molecule has 1 N–H and O–H groups in total. The summed E-state index contributed by atoms with van der Waals surface area (Å²) in [4.78, 5) is 22.9. The highest BCUT2D eigenvalue weighted by Gasteiger charge is 2.08. The van der Waals surface area contributed by atoms with Crippen LogP contribution in [0.4, 0.5) is 0 Å². The van der Waals surface area contributed by atoms with Crippen molar-refractivity contribution in [2.75, 3.05) is 26.9 Å². The minimum atomic E-state index is -0.400. The van der Waals surface area contributed by atoms with Crippen LogP contribution in [-0.4, -0.2) is 38.7 Å². The first-order valence-electron chi connectivity index (χ1n) is 7.70. The molecule has 1 aromatic rings. The molecule has 6 nitrogen and oxygen atoms in total. The van der Waals surface area contributed by atoms with E-state index in [2.05, 4.69) is 5.32 Å². The summed E-state index contributed by atoms with van der Waals surface area (Å²) in [6.45, 7) is 4.74. The number of methoxy groups -OCH3 is 1. The summed E-state index contributed by atoms with van der Waals surface area (Å²) >= 11 is 0. The van der Waals surface area contributed by atoms with Crippen molar-refractivity contribution >= 4 is 11.9 Å². The van der Waals surface area contributed by atoms with Crippen LogP contribution in [0.3, 0.4) is 0 Å². The largest absolute Gasteiger partial charge is 0.497 e. The zero-order valence-electron chi connectivity index (χ0n) is 14.0. The standard InChI is InChI=1S/C17H25NO5/c1-13(2)11-18-16(19)12-23-17(20)5-4-10-22-15-8-6-14(21-3)7-9-15/h6-9,13H,4-5,10-12H2,1-3H3,(H,18,19). The minimum absolute atomic E-state index is 0.216. The van der Waals surface area contributed by atoms with Crippen molar-refractivity contribution < 1.29 is 23.8 Å². The van der Waals surface area contributed by atoms with Crippen LogP contribution in [0, 0.1) is 5.92 Å². The first-order chi connectivity index (χ1) is 11.0. The molecular formula is C17H25NO5. The minimum Gasteiger partial charge on any atom is -0.497 e. The van der Waals surface area contributed by atoms with E-state index in [-0.39, 0.29) is 18.9 Å². The Labute approximate surface area is 137 Å². The Morgan fingerprint density at radius 2 is 1.78 bits per heavy atom. The van der Waals surface area contributed by atoms with Crippen LogP contribution in [0.2, 0.25) is 0 Å². The summed E-state index contributed by atoms with van der Waals surface area (Å²) in [6, 6.07) is 7.21. The number of amides is 1. The zero-order valence-corrected chi connectivity index (χ0v) is 14.0. The molecule has 1 aromatic carbocycles. The van der Waals surface area contributed by atoms with Gasteiger partial charge in [0.05, 0.1) is 13.7 Å². The van der Waals surface area contributed by atoms with Gasteiger partial charge in [-0.2, -0.15) is 0 Å². The van der Waals surface area contributed by atoms with Gasteiger partial charge in [0, 0.05) is 13.0 Å². The van der Waals surface area contributed by atoms with E-state index < -0.39 is 5.97 Å². The Kier molecular flexibility index (Phi) is 8.57. The number of rotatable bonds is 10. The van der Waals surface area contributed by atoms with E-state index in [9.17, 15) is 9.59 Å². The topological polar surface area (TPSA) is 73.9 Å². The van der Waals surface area contributed by atoms with E-state index in [1.54, 1.807) is 31.4 Å². The van der Waals surface area contributed by atoms with E-state index in [0.717, 1.165) is 5.75 Å². The van der Waals surface area contributed by atoms with Gasteiger partial charge in [-0.15, -0.1) is 0 Å². The predicted octanol–water partition coefficient (Wildman–Crippen LogP) is 2.17. The normalized spacial score (nSPS) is 10.3. The first-order valence-corrected chi connectivity index (χ1v) is 7.70. The summed E-state index contributed by atoms with van der Waals surface area (Å²) in [5, 5.41) is 2.68. The monoisotopic (exact) mass is 323 g/mol. The quantitative estimate of drug-likeness (QED) is 0.528. The van der Waals surface area contributed by atoms with Crippen LogP contribution >= 0.6 is 0 Å². The molecular weight excluding hydrogens is 298 g/mol. The molecule has 0 spiro atoms. The third-order valence-electron chi connectivity index (χ3n) is 2.93. The van der Waals surface area contributed by atoms with Crippen LogP contribution < -0.4 is 14.8 Å². The van der Waals surface area contributed by atoms with Gasteiger partial charge >= 0.3 is 5.97 Å². The van der Waals surface area contributed by atoms with Gasteiger partial charge < -0.3 is 19.5 Å². The molecule has 0 aliphatic heterocycles. The molecule has 1 rings (SSSR count). The number of ether oxygens (including phenoxy) is 3. The third-order valence-corrected chi connectivity index (χ3v) is 2.93. The number of esters is 1. The highest BCUT2D eigenvalue weighted by molar-refractivity contribution is 5.80. The molecule has 23 heavy (non-hydrogen) atoms. The van der Waals surface area contributed by atoms with Crippen LogP contribution in [0.25, 0.3) is 0 Å². The fourth-order valence-corrected chi connectivity index (χ4v) is 1.67. The van der Waals surface area contributed by atoms with E-state index in [4.69, 9.17) is 14.2 Å². The second kappa shape index (κ2) is 10.5. The highest BCUT2D eigenvalue weighted by atomic mass is 16.5. The number of carbonyl (C=O) groups excluding carboxylic acids is 2. The molecule has 0 aliphatic carbocycles. The SMILES string of the molecule is COc1ccc(OCCCC(=O)OCC(=O)NCC(C)C)cc1. The smallest absolute Gasteiger partial charge is 0.306 e. The average molecular weight is 323 g/mol. The first kappa shape index (κ1) is 18.8. The number of benzene rings is 1. The van der Waals surface area contributed by atoms with Crippen molar-refractivity contribution in [2.24, 2.45) is 5.92 Å². The fourth-order valence-electron chi connectivity index (χ4n) is 1.67. The lowest BCUT2D eigenvalue weighted by molar-refractivity contribution is -0.148. The molecule has 0 aliphatic rings. The molecule has 0 saturated heterocycles. The molecule has 0 bridgehead atoms. The van der Waals surface area contributed by atoms with E-state index in [1.807, 2.05) is 13.8 Å². The van der Waals surface area contributed by atoms with E-state index >= 15 is 0 Å². The third kappa shape index (κ3) is 8.70. The molecule has 0 atom stereocenters. The molecule has 0 saturated carbocycles. The number of hydrogen-bond donors (Lipinski definition) is 1. The lowest BCUT2D eigenvalue weighted by atomic mass is 10.2. The lowest BCUT2D eigenvalue weighted by Crippen LogP contribution is -2.31. The maximum Gasteiger partial charge on any atom is 0.306 e. The van der Waals surface area contributed by atoms with Crippen molar-refractivity contribution in [3.8, 4) is 11.5 Å².